The number of nitrogens with zero attached hydrogens (tertiary/aromatic N) is 1. The molecule has 19 heavy (non-hydrogen) atoms. The molecule has 0 saturated carbocycles. The molecule has 96 valence electrons. The molecule has 0 atom stereocenters. The number of hydrogen-bond donors (Lipinski definition) is 1. The molecule has 5 heteroatoms. The van der Waals surface area contributed by atoms with Crippen molar-refractivity contribution in [2.24, 2.45) is 5.14 Å². The van der Waals surface area contributed by atoms with E-state index in [4.69, 9.17) is 5.14 Å². The fraction of sp³-hybridized carbons (Fsp3) is 0. The fourth-order valence-electron chi connectivity index (χ4n) is 2.19. The Morgan fingerprint density at radius 3 is 2.37 bits per heavy atom. The van der Waals surface area contributed by atoms with Crippen molar-refractivity contribution >= 4 is 20.9 Å². The van der Waals surface area contributed by atoms with Gasteiger partial charge >= 0.3 is 0 Å². The summed E-state index contributed by atoms with van der Waals surface area (Å²) in [4.78, 5) is 0.122. The third kappa shape index (κ3) is 2.03. The lowest BCUT2D eigenvalue weighted by molar-refractivity contribution is 0.597. The van der Waals surface area contributed by atoms with Crippen LogP contribution in [-0.4, -0.2) is 13.0 Å². The lowest BCUT2D eigenvalue weighted by Gasteiger charge is -2.10. The maximum absolute atomic E-state index is 11.6. The summed E-state index contributed by atoms with van der Waals surface area (Å²) in [5.74, 6) is 0. The molecule has 4 nitrogen and oxygen atoms in total. The van der Waals surface area contributed by atoms with Crippen molar-refractivity contribution in [3.8, 4) is 5.69 Å². The highest BCUT2D eigenvalue weighted by molar-refractivity contribution is 7.89. The Morgan fingerprint density at radius 1 is 0.895 bits per heavy atom. The van der Waals surface area contributed by atoms with Crippen molar-refractivity contribution in [3.05, 3.63) is 60.8 Å². The van der Waals surface area contributed by atoms with Crippen LogP contribution in [0.4, 0.5) is 0 Å². The molecule has 2 aromatic carbocycles. The standard InChI is InChI=1S/C14H12N2O2S/c15-19(17,18)14-8-4-3-7-13(14)16-10-9-11-5-1-2-6-12(11)16/h1-10H,(H2,15,17,18). The number of nitrogens with two attached hydrogens (primary N) is 1. The monoisotopic (exact) mass is 272 g/mol. The first-order chi connectivity index (χ1) is 9.07. The van der Waals surface area contributed by atoms with Crippen molar-refractivity contribution in [2.75, 3.05) is 0 Å². The molecule has 0 saturated heterocycles. The summed E-state index contributed by atoms with van der Waals surface area (Å²) in [6, 6.07) is 16.4. The average molecular weight is 272 g/mol. The van der Waals surface area contributed by atoms with Crippen LogP contribution in [0.1, 0.15) is 0 Å². The summed E-state index contributed by atoms with van der Waals surface area (Å²) in [6.45, 7) is 0. The SMILES string of the molecule is NS(=O)(=O)c1ccccc1-n1ccc2ccccc21. The summed E-state index contributed by atoms with van der Waals surface area (Å²) >= 11 is 0. The maximum atomic E-state index is 11.6. The first-order valence-corrected chi connectivity index (χ1v) is 7.30. The summed E-state index contributed by atoms with van der Waals surface area (Å²) in [5.41, 5.74) is 1.50. The molecular weight excluding hydrogens is 260 g/mol. The zero-order valence-corrected chi connectivity index (χ0v) is 10.8. The number of benzene rings is 2. The zero-order chi connectivity index (χ0) is 13.5. The van der Waals surface area contributed by atoms with Gasteiger partial charge in [0.2, 0.25) is 10.0 Å². The summed E-state index contributed by atoms with van der Waals surface area (Å²) < 4.78 is 25.1. The van der Waals surface area contributed by atoms with Gasteiger partial charge in [-0.1, -0.05) is 30.3 Å². The molecule has 0 aliphatic heterocycles. The predicted molar refractivity (Wildman–Crippen MR) is 74.6 cm³/mol. The number of aromatic nitrogens is 1. The molecule has 0 aliphatic carbocycles. The van der Waals surface area contributed by atoms with Gasteiger partial charge in [-0.15, -0.1) is 0 Å². The van der Waals surface area contributed by atoms with Gasteiger partial charge < -0.3 is 4.57 Å². The highest BCUT2D eigenvalue weighted by Gasteiger charge is 2.15. The molecule has 3 aromatic rings. The van der Waals surface area contributed by atoms with Crippen LogP contribution in [0, 0.1) is 0 Å². The molecule has 0 spiro atoms. The number of para-hydroxylation sites is 2. The minimum Gasteiger partial charge on any atom is -0.315 e. The molecule has 0 unspecified atom stereocenters. The van der Waals surface area contributed by atoms with E-state index < -0.39 is 10.0 Å². The van der Waals surface area contributed by atoms with Crippen LogP contribution in [0.3, 0.4) is 0 Å². The molecule has 0 aliphatic rings. The Balaban J connectivity index is 2.34. The minimum atomic E-state index is -3.75. The van der Waals surface area contributed by atoms with E-state index in [-0.39, 0.29) is 4.90 Å². The smallest absolute Gasteiger partial charge is 0.240 e. The third-order valence-electron chi connectivity index (χ3n) is 3.03. The van der Waals surface area contributed by atoms with Gasteiger partial charge in [-0.05, 0) is 29.7 Å². The van der Waals surface area contributed by atoms with Crippen LogP contribution < -0.4 is 5.14 Å². The van der Waals surface area contributed by atoms with Gasteiger partial charge in [-0.2, -0.15) is 0 Å². The van der Waals surface area contributed by atoms with Crippen LogP contribution in [0.15, 0.2) is 65.7 Å². The van der Waals surface area contributed by atoms with Crippen LogP contribution in [0.2, 0.25) is 0 Å². The normalized spacial score (nSPS) is 11.8. The Kier molecular flexibility index (Phi) is 2.66. The van der Waals surface area contributed by atoms with Gasteiger partial charge in [-0.25, -0.2) is 13.6 Å². The third-order valence-corrected chi connectivity index (χ3v) is 3.99. The van der Waals surface area contributed by atoms with Crippen molar-refractivity contribution in [3.63, 3.8) is 0 Å². The predicted octanol–water partition coefficient (Wildman–Crippen LogP) is 2.28. The molecular formula is C14H12N2O2S. The van der Waals surface area contributed by atoms with Crippen LogP contribution in [0.25, 0.3) is 16.6 Å². The molecule has 0 bridgehead atoms. The van der Waals surface area contributed by atoms with E-state index in [1.54, 1.807) is 18.2 Å². The largest absolute Gasteiger partial charge is 0.315 e. The summed E-state index contributed by atoms with van der Waals surface area (Å²) in [5, 5.41) is 6.31. The van der Waals surface area contributed by atoms with Crippen molar-refractivity contribution < 1.29 is 8.42 Å². The minimum absolute atomic E-state index is 0.122. The molecule has 0 fully saturated rings. The van der Waals surface area contributed by atoms with Crippen molar-refractivity contribution in [1.29, 1.82) is 0 Å². The van der Waals surface area contributed by atoms with E-state index in [0.717, 1.165) is 10.9 Å². The zero-order valence-electron chi connectivity index (χ0n) is 10.0. The Labute approximate surface area is 111 Å². The molecule has 0 amide bonds. The summed E-state index contributed by atoms with van der Waals surface area (Å²) in [6.07, 6.45) is 1.84. The number of primary sulfonamides is 1. The fourth-order valence-corrected chi connectivity index (χ4v) is 2.92. The second-order valence-corrected chi connectivity index (χ2v) is 5.79. The van der Waals surface area contributed by atoms with E-state index in [9.17, 15) is 8.42 Å². The van der Waals surface area contributed by atoms with E-state index in [2.05, 4.69) is 0 Å². The van der Waals surface area contributed by atoms with Gasteiger partial charge in [0.1, 0.15) is 4.90 Å². The second kappa shape index (κ2) is 4.22. The first-order valence-electron chi connectivity index (χ1n) is 5.76. The van der Waals surface area contributed by atoms with Crippen molar-refractivity contribution in [1.82, 2.24) is 4.57 Å². The van der Waals surface area contributed by atoms with E-state index in [1.165, 1.54) is 6.07 Å². The van der Waals surface area contributed by atoms with E-state index >= 15 is 0 Å². The quantitative estimate of drug-likeness (QED) is 0.777. The number of rotatable bonds is 2. The Hall–Kier alpha value is -2.11. The second-order valence-electron chi connectivity index (χ2n) is 4.26. The van der Waals surface area contributed by atoms with Crippen LogP contribution in [0.5, 0.6) is 0 Å². The van der Waals surface area contributed by atoms with E-state index in [0.29, 0.717) is 5.69 Å². The molecule has 3 rings (SSSR count). The average Bonchev–Trinajstić information content (AvgIpc) is 2.81. The molecule has 1 heterocycles. The first kappa shape index (κ1) is 12.0. The highest BCUT2D eigenvalue weighted by atomic mass is 32.2. The van der Waals surface area contributed by atoms with Gasteiger partial charge in [-0.3, -0.25) is 0 Å². The van der Waals surface area contributed by atoms with Gasteiger partial charge in [0.25, 0.3) is 0 Å². The number of hydrogen-bond acceptors (Lipinski definition) is 2. The number of sulfonamides is 1. The van der Waals surface area contributed by atoms with Crippen LogP contribution in [-0.2, 0) is 10.0 Å². The van der Waals surface area contributed by atoms with Crippen LogP contribution >= 0.6 is 0 Å². The van der Waals surface area contributed by atoms with Gasteiger partial charge in [0.15, 0.2) is 0 Å². The Bertz CT molecular complexity index is 851. The number of fused-ring (bicyclic) bond motifs is 1. The van der Waals surface area contributed by atoms with Crippen molar-refractivity contribution in [2.45, 2.75) is 4.90 Å². The lowest BCUT2D eigenvalue weighted by Crippen LogP contribution is -2.15. The lowest BCUT2D eigenvalue weighted by atomic mass is 10.2. The summed E-state index contributed by atoms with van der Waals surface area (Å²) in [7, 11) is -3.75. The molecule has 2 N–H and O–H groups in total. The van der Waals surface area contributed by atoms with Gasteiger partial charge in [0.05, 0.1) is 11.2 Å². The maximum Gasteiger partial charge on any atom is 0.240 e. The highest BCUT2D eigenvalue weighted by Crippen LogP contribution is 2.24. The van der Waals surface area contributed by atoms with E-state index in [1.807, 2.05) is 41.1 Å². The topological polar surface area (TPSA) is 65.1 Å². The van der Waals surface area contributed by atoms with Gasteiger partial charge in [0, 0.05) is 6.20 Å². The Morgan fingerprint density at radius 2 is 1.58 bits per heavy atom. The molecule has 1 aromatic heterocycles. The molecule has 0 radical (unpaired) electrons.